The molecule has 0 saturated heterocycles. The van der Waals surface area contributed by atoms with Gasteiger partial charge in [-0.25, -0.2) is 9.37 Å². The molecule has 0 saturated carbocycles. The molecule has 0 unspecified atom stereocenters. The maximum absolute atomic E-state index is 15.2. The number of fused-ring (bicyclic) bond motifs is 2. The molecule has 0 atom stereocenters. The van der Waals surface area contributed by atoms with Crippen LogP contribution in [0.15, 0.2) is 41.6 Å². The van der Waals surface area contributed by atoms with Crippen LogP contribution < -0.4 is 10.1 Å². The average molecular weight is 413 g/mol. The van der Waals surface area contributed by atoms with Crippen molar-refractivity contribution in [3.8, 4) is 23.1 Å². The van der Waals surface area contributed by atoms with Gasteiger partial charge in [0.2, 0.25) is 5.88 Å². The number of hydrogen-bond acceptors (Lipinski definition) is 5. The van der Waals surface area contributed by atoms with Gasteiger partial charge in [0.1, 0.15) is 18.1 Å². The molecule has 31 heavy (non-hydrogen) atoms. The van der Waals surface area contributed by atoms with Gasteiger partial charge in [-0.15, -0.1) is 0 Å². The van der Waals surface area contributed by atoms with E-state index in [-0.39, 0.29) is 18.0 Å². The highest BCUT2D eigenvalue weighted by atomic mass is 19.1. The standard InChI is InChI=1S/C25H20FN3O2/c1-13-17(20-12-29-25-24(14(20)2)28-5-6-31-25)9-21(26)18-10-22(30)19(23(13)18)8-15-3-4-16(7-15)11-27/h4,7-9,12,28H,3,5-6,10H2,1-2H3/b19-8+. The highest BCUT2D eigenvalue weighted by Gasteiger charge is 2.31. The fourth-order valence-electron chi connectivity index (χ4n) is 4.57. The predicted octanol–water partition coefficient (Wildman–Crippen LogP) is 4.60. The number of Topliss-reactive ketones (excluding diaryl/α,β-unsaturated/α-hetero) is 1. The first-order chi connectivity index (χ1) is 15.0. The Balaban J connectivity index is 1.66. The molecule has 1 aromatic carbocycles. The number of benzene rings is 1. The molecule has 1 aliphatic heterocycles. The molecule has 5 nitrogen and oxygen atoms in total. The minimum Gasteiger partial charge on any atom is -0.474 e. The lowest BCUT2D eigenvalue weighted by molar-refractivity contribution is -0.112. The SMILES string of the molecule is Cc1c(-c2cc(F)c3c(c2C)/C(=C/C2=CC(C#N)=CC2)C(=O)C3)cnc2c1NCCO2. The molecule has 5 rings (SSSR count). The Kier molecular flexibility index (Phi) is 4.48. The molecule has 2 heterocycles. The van der Waals surface area contributed by atoms with Crippen molar-refractivity contribution in [3.05, 3.63) is 69.7 Å². The van der Waals surface area contributed by atoms with E-state index in [0.29, 0.717) is 53.3 Å². The Morgan fingerprint density at radius 3 is 2.90 bits per heavy atom. The number of aromatic nitrogens is 1. The van der Waals surface area contributed by atoms with Crippen LogP contribution in [0, 0.1) is 31.0 Å². The zero-order valence-corrected chi connectivity index (χ0v) is 17.3. The monoisotopic (exact) mass is 413 g/mol. The van der Waals surface area contributed by atoms with Gasteiger partial charge >= 0.3 is 0 Å². The molecule has 0 amide bonds. The summed E-state index contributed by atoms with van der Waals surface area (Å²) in [5.74, 6) is 0.0669. The molecule has 1 aromatic heterocycles. The van der Waals surface area contributed by atoms with E-state index in [4.69, 9.17) is 10.00 Å². The van der Waals surface area contributed by atoms with Crippen LogP contribution in [-0.4, -0.2) is 23.9 Å². The van der Waals surface area contributed by atoms with Gasteiger partial charge in [0.05, 0.1) is 6.07 Å². The molecular formula is C25H20FN3O2. The van der Waals surface area contributed by atoms with Crippen molar-refractivity contribution in [1.29, 1.82) is 5.26 Å². The average Bonchev–Trinajstić information content (AvgIpc) is 3.36. The Morgan fingerprint density at radius 1 is 1.29 bits per heavy atom. The summed E-state index contributed by atoms with van der Waals surface area (Å²) >= 11 is 0. The van der Waals surface area contributed by atoms with E-state index >= 15 is 4.39 Å². The van der Waals surface area contributed by atoms with Gasteiger partial charge in [0.25, 0.3) is 0 Å². The largest absolute Gasteiger partial charge is 0.474 e. The van der Waals surface area contributed by atoms with E-state index in [9.17, 15) is 4.79 Å². The van der Waals surface area contributed by atoms with E-state index in [1.165, 1.54) is 6.07 Å². The Hall–Kier alpha value is -3.72. The number of carbonyl (C=O) groups is 1. The summed E-state index contributed by atoms with van der Waals surface area (Å²) in [6.45, 7) is 5.12. The van der Waals surface area contributed by atoms with Crippen molar-refractivity contribution in [3.63, 3.8) is 0 Å². The van der Waals surface area contributed by atoms with Crippen LogP contribution >= 0.6 is 0 Å². The lowest BCUT2D eigenvalue weighted by atomic mass is 9.90. The van der Waals surface area contributed by atoms with Crippen LogP contribution in [0.4, 0.5) is 10.1 Å². The number of ketones is 1. The number of ether oxygens (including phenoxy) is 1. The van der Waals surface area contributed by atoms with Crippen LogP contribution in [0.25, 0.3) is 16.7 Å². The van der Waals surface area contributed by atoms with Crippen LogP contribution in [-0.2, 0) is 11.2 Å². The molecule has 0 bridgehead atoms. The molecule has 2 aromatic rings. The topological polar surface area (TPSA) is 75.0 Å². The van der Waals surface area contributed by atoms with Crippen molar-refractivity contribution in [1.82, 2.24) is 4.98 Å². The zero-order valence-electron chi connectivity index (χ0n) is 17.3. The molecule has 0 radical (unpaired) electrons. The smallest absolute Gasteiger partial charge is 0.237 e. The third-order valence-corrected chi connectivity index (χ3v) is 6.14. The Bertz CT molecular complexity index is 1300. The second-order valence-electron chi connectivity index (χ2n) is 7.99. The van der Waals surface area contributed by atoms with Gasteiger partial charge in [-0.2, -0.15) is 5.26 Å². The maximum atomic E-state index is 15.2. The van der Waals surface area contributed by atoms with Crippen LogP contribution in [0.2, 0.25) is 0 Å². The van der Waals surface area contributed by atoms with E-state index in [1.54, 1.807) is 18.3 Å². The van der Waals surface area contributed by atoms with Crippen molar-refractivity contribution in [2.75, 3.05) is 18.5 Å². The van der Waals surface area contributed by atoms with Gasteiger partial charge in [-0.3, -0.25) is 4.79 Å². The number of rotatable bonds is 2. The van der Waals surface area contributed by atoms with Gasteiger partial charge in [-0.1, -0.05) is 6.08 Å². The molecule has 2 aliphatic carbocycles. The quantitative estimate of drug-likeness (QED) is 0.729. The van der Waals surface area contributed by atoms with Crippen molar-refractivity contribution < 1.29 is 13.9 Å². The number of allylic oxidation sites excluding steroid dienone is 6. The highest BCUT2D eigenvalue weighted by Crippen LogP contribution is 2.42. The van der Waals surface area contributed by atoms with Gasteiger partial charge < -0.3 is 10.1 Å². The Labute approximate surface area is 179 Å². The number of hydrogen-bond donors (Lipinski definition) is 1. The fourth-order valence-corrected chi connectivity index (χ4v) is 4.57. The Morgan fingerprint density at radius 2 is 2.13 bits per heavy atom. The number of halogens is 1. The second-order valence-corrected chi connectivity index (χ2v) is 7.99. The number of nitriles is 1. The number of carbonyl (C=O) groups excluding carboxylic acids is 1. The molecule has 6 heteroatoms. The molecule has 0 fully saturated rings. The van der Waals surface area contributed by atoms with E-state index in [2.05, 4.69) is 16.4 Å². The number of anilines is 1. The predicted molar refractivity (Wildman–Crippen MR) is 116 cm³/mol. The minimum absolute atomic E-state index is 0.0523. The van der Waals surface area contributed by atoms with Crippen molar-refractivity contribution >= 4 is 17.0 Å². The molecular weight excluding hydrogens is 393 g/mol. The van der Waals surface area contributed by atoms with Gasteiger partial charge in [0.15, 0.2) is 5.78 Å². The fraction of sp³-hybridized carbons (Fsp3) is 0.240. The first kappa shape index (κ1) is 19.3. The normalized spacial score (nSPS) is 18.0. The van der Waals surface area contributed by atoms with Gasteiger partial charge in [-0.05, 0) is 66.3 Å². The lowest BCUT2D eigenvalue weighted by Crippen LogP contribution is -2.20. The number of pyridine rings is 1. The van der Waals surface area contributed by atoms with Crippen LogP contribution in [0.1, 0.15) is 28.7 Å². The van der Waals surface area contributed by atoms with Crippen molar-refractivity contribution in [2.24, 2.45) is 0 Å². The van der Waals surface area contributed by atoms with Gasteiger partial charge in [0, 0.05) is 41.4 Å². The summed E-state index contributed by atoms with van der Waals surface area (Å²) in [5, 5.41) is 12.4. The lowest BCUT2D eigenvalue weighted by Gasteiger charge is -2.22. The first-order valence-corrected chi connectivity index (χ1v) is 10.2. The highest BCUT2D eigenvalue weighted by molar-refractivity contribution is 6.26. The molecule has 0 spiro atoms. The molecule has 3 aliphatic rings. The number of nitrogens with one attached hydrogen (secondary N) is 1. The zero-order chi connectivity index (χ0) is 21.7. The molecule has 154 valence electrons. The summed E-state index contributed by atoms with van der Waals surface area (Å²) in [6.07, 6.45) is 7.76. The second kappa shape index (κ2) is 7.21. The summed E-state index contributed by atoms with van der Waals surface area (Å²) in [4.78, 5) is 17.2. The van der Waals surface area contributed by atoms with E-state index < -0.39 is 0 Å². The summed E-state index contributed by atoms with van der Waals surface area (Å²) in [5.41, 5.74) is 7.20. The number of nitrogens with zero attached hydrogens (tertiary/aromatic N) is 2. The summed E-state index contributed by atoms with van der Waals surface area (Å²) in [7, 11) is 0. The first-order valence-electron chi connectivity index (χ1n) is 10.2. The van der Waals surface area contributed by atoms with E-state index in [1.807, 2.05) is 19.9 Å². The third-order valence-electron chi connectivity index (χ3n) is 6.14. The maximum Gasteiger partial charge on any atom is 0.237 e. The van der Waals surface area contributed by atoms with Crippen LogP contribution in [0.3, 0.4) is 0 Å². The molecule has 1 N–H and O–H groups in total. The van der Waals surface area contributed by atoms with Crippen molar-refractivity contribution in [2.45, 2.75) is 26.7 Å². The van der Waals surface area contributed by atoms with E-state index in [0.717, 1.165) is 28.0 Å². The van der Waals surface area contributed by atoms with Crippen LogP contribution in [0.5, 0.6) is 5.88 Å². The summed E-state index contributed by atoms with van der Waals surface area (Å²) in [6, 6.07) is 3.63. The third kappa shape index (κ3) is 3.05. The minimum atomic E-state index is -0.384. The summed E-state index contributed by atoms with van der Waals surface area (Å²) < 4.78 is 20.8.